The minimum absolute atomic E-state index is 0.300. The van der Waals surface area contributed by atoms with Gasteiger partial charge in [0.15, 0.2) is 0 Å². The van der Waals surface area contributed by atoms with Crippen LogP contribution in [0.4, 0.5) is 0 Å². The SMILES string of the molecule is CSCCCCNC1CC(OCC(C)C)C1(C)C. The van der Waals surface area contributed by atoms with Crippen molar-refractivity contribution >= 4 is 11.8 Å². The fraction of sp³-hybridized carbons (Fsp3) is 1.00. The number of ether oxygens (including phenoxy) is 1. The van der Waals surface area contributed by atoms with Crippen molar-refractivity contribution in [1.82, 2.24) is 5.32 Å². The molecule has 0 aliphatic heterocycles. The lowest BCUT2D eigenvalue weighted by molar-refractivity contribution is -0.123. The molecule has 2 atom stereocenters. The Kier molecular flexibility index (Phi) is 7.04. The molecule has 1 rings (SSSR count). The second-order valence-electron chi connectivity index (χ2n) is 6.48. The van der Waals surface area contributed by atoms with Gasteiger partial charge in [0, 0.05) is 18.1 Å². The summed E-state index contributed by atoms with van der Waals surface area (Å²) in [6.45, 7) is 11.2. The predicted octanol–water partition coefficient (Wildman–Crippen LogP) is 3.56. The topological polar surface area (TPSA) is 21.3 Å². The average Bonchev–Trinajstić information content (AvgIpc) is 2.30. The molecule has 0 aromatic heterocycles. The van der Waals surface area contributed by atoms with Crippen LogP contribution >= 0.6 is 11.8 Å². The predicted molar refractivity (Wildman–Crippen MR) is 82.4 cm³/mol. The van der Waals surface area contributed by atoms with Crippen molar-refractivity contribution in [1.29, 1.82) is 0 Å². The molecule has 1 aliphatic rings. The molecule has 1 saturated carbocycles. The van der Waals surface area contributed by atoms with Gasteiger partial charge in [-0.3, -0.25) is 0 Å². The molecule has 18 heavy (non-hydrogen) atoms. The molecule has 0 bridgehead atoms. The van der Waals surface area contributed by atoms with Gasteiger partial charge in [0.1, 0.15) is 0 Å². The Hall–Kier alpha value is 0.270. The van der Waals surface area contributed by atoms with Crippen LogP contribution in [0.5, 0.6) is 0 Å². The zero-order valence-corrected chi connectivity index (χ0v) is 13.6. The highest BCUT2D eigenvalue weighted by molar-refractivity contribution is 7.98. The molecule has 0 aromatic carbocycles. The highest BCUT2D eigenvalue weighted by atomic mass is 32.2. The van der Waals surface area contributed by atoms with E-state index in [2.05, 4.69) is 39.3 Å². The summed E-state index contributed by atoms with van der Waals surface area (Å²) >= 11 is 1.94. The highest BCUT2D eigenvalue weighted by Crippen LogP contribution is 2.42. The summed E-state index contributed by atoms with van der Waals surface area (Å²) in [5.41, 5.74) is 0.300. The molecular formula is C15H31NOS. The van der Waals surface area contributed by atoms with Crippen molar-refractivity contribution in [2.45, 2.75) is 59.1 Å². The highest BCUT2D eigenvalue weighted by Gasteiger charge is 2.48. The van der Waals surface area contributed by atoms with Gasteiger partial charge >= 0.3 is 0 Å². The number of hydrogen-bond donors (Lipinski definition) is 1. The molecule has 0 radical (unpaired) electrons. The van der Waals surface area contributed by atoms with Crippen LogP contribution in [0.3, 0.4) is 0 Å². The number of unbranched alkanes of at least 4 members (excludes halogenated alkanes) is 1. The zero-order chi connectivity index (χ0) is 13.6. The quantitative estimate of drug-likeness (QED) is 0.649. The van der Waals surface area contributed by atoms with E-state index in [9.17, 15) is 0 Å². The monoisotopic (exact) mass is 273 g/mol. The normalized spacial score (nSPS) is 26.3. The van der Waals surface area contributed by atoms with Crippen LogP contribution in [-0.2, 0) is 4.74 Å². The second-order valence-corrected chi connectivity index (χ2v) is 7.47. The Morgan fingerprint density at radius 3 is 2.61 bits per heavy atom. The van der Waals surface area contributed by atoms with Crippen LogP contribution < -0.4 is 5.32 Å². The van der Waals surface area contributed by atoms with Crippen molar-refractivity contribution in [2.75, 3.05) is 25.2 Å². The number of hydrogen-bond acceptors (Lipinski definition) is 3. The molecular weight excluding hydrogens is 242 g/mol. The standard InChI is InChI=1S/C15H31NOS/c1-12(2)11-17-14-10-13(15(14,3)4)16-8-6-7-9-18-5/h12-14,16H,6-11H2,1-5H3. The van der Waals surface area contributed by atoms with E-state index in [0.29, 0.717) is 23.5 Å². The van der Waals surface area contributed by atoms with Gasteiger partial charge in [0.2, 0.25) is 0 Å². The lowest BCUT2D eigenvalue weighted by Gasteiger charge is -2.52. The Morgan fingerprint density at radius 2 is 2.06 bits per heavy atom. The van der Waals surface area contributed by atoms with Crippen molar-refractivity contribution in [3.05, 3.63) is 0 Å². The summed E-state index contributed by atoms with van der Waals surface area (Å²) in [4.78, 5) is 0. The first-order chi connectivity index (χ1) is 8.48. The van der Waals surface area contributed by atoms with Crippen molar-refractivity contribution in [3.63, 3.8) is 0 Å². The van der Waals surface area contributed by atoms with Crippen molar-refractivity contribution < 1.29 is 4.74 Å². The first kappa shape index (κ1) is 16.3. The fourth-order valence-electron chi connectivity index (χ4n) is 2.47. The van der Waals surface area contributed by atoms with E-state index >= 15 is 0 Å². The smallest absolute Gasteiger partial charge is 0.0656 e. The second kappa shape index (κ2) is 7.76. The molecule has 0 spiro atoms. The molecule has 2 unspecified atom stereocenters. The van der Waals surface area contributed by atoms with Crippen LogP contribution in [0.2, 0.25) is 0 Å². The summed E-state index contributed by atoms with van der Waals surface area (Å²) in [7, 11) is 0. The van der Waals surface area contributed by atoms with E-state index in [1.165, 1.54) is 25.0 Å². The maximum Gasteiger partial charge on any atom is 0.0656 e. The molecule has 0 aromatic rings. The molecule has 108 valence electrons. The van der Waals surface area contributed by atoms with E-state index in [1.54, 1.807) is 0 Å². The minimum atomic E-state index is 0.300. The molecule has 1 N–H and O–H groups in total. The van der Waals surface area contributed by atoms with Gasteiger partial charge in [0.05, 0.1) is 6.10 Å². The van der Waals surface area contributed by atoms with Crippen LogP contribution in [0.25, 0.3) is 0 Å². The minimum Gasteiger partial charge on any atom is -0.377 e. The molecule has 1 fully saturated rings. The third-order valence-corrected chi connectivity index (χ3v) is 4.67. The van der Waals surface area contributed by atoms with E-state index in [4.69, 9.17) is 4.74 Å². The maximum absolute atomic E-state index is 5.99. The van der Waals surface area contributed by atoms with Crippen molar-refractivity contribution in [3.8, 4) is 0 Å². The summed E-state index contributed by atoms with van der Waals surface area (Å²) in [5.74, 6) is 1.93. The molecule has 0 saturated heterocycles. The van der Waals surface area contributed by atoms with Gasteiger partial charge in [-0.25, -0.2) is 0 Å². The average molecular weight is 273 g/mol. The van der Waals surface area contributed by atoms with Gasteiger partial charge in [0.25, 0.3) is 0 Å². The first-order valence-corrected chi connectivity index (χ1v) is 8.71. The zero-order valence-electron chi connectivity index (χ0n) is 12.8. The molecule has 1 aliphatic carbocycles. The Balaban J connectivity index is 2.14. The number of rotatable bonds is 9. The third-order valence-electron chi connectivity index (χ3n) is 3.97. The largest absolute Gasteiger partial charge is 0.377 e. The molecule has 0 heterocycles. The van der Waals surface area contributed by atoms with E-state index in [1.807, 2.05) is 11.8 Å². The molecule has 0 amide bonds. The number of thioether (sulfide) groups is 1. The van der Waals surface area contributed by atoms with Gasteiger partial charge in [-0.05, 0) is 43.7 Å². The van der Waals surface area contributed by atoms with Crippen molar-refractivity contribution in [2.24, 2.45) is 11.3 Å². The van der Waals surface area contributed by atoms with E-state index in [0.717, 1.165) is 13.2 Å². The number of nitrogens with one attached hydrogen (secondary N) is 1. The Morgan fingerprint density at radius 1 is 1.33 bits per heavy atom. The lowest BCUT2D eigenvalue weighted by Crippen LogP contribution is -2.61. The summed E-state index contributed by atoms with van der Waals surface area (Å²) in [6, 6.07) is 0.643. The molecule has 2 nitrogen and oxygen atoms in total. The maximum atomic E-state index is 5.99. The van der Waals surface area contributed by atoms with E-state index < -0.39 is 0 Å². The van der Waals surface area contributed by atoms with Gasteiger partial charge < -0.3 is 10.1 Å². The van der Waals surface area contributed by atoms with Crippen LogP contribution in [-0.4, -0.2) is 37.3 Å². The van der Waals surface area contributed by atoms with Crippen LogP contribution in [0.15, 0.2) is 0 Å². The Bertz CT molecular complexity index is 231. The summed E-state index contributed by atoms with van der Waals surface area (Å²) in [5, 5.41) is 3.70. The molecule has 3 heteroatoms. The van der Waals surface area contributed by atoms with Gasteiger partial charge in [-0.15, -0.1) is 0 Å². The van der Waals surface area contributed by atoms with Crippen LogP contribution in [0, 0.1) is 11.3 Å². The van der Waals surface area contributed by atoms with Crippen LogP contribution in [0.1, 0.15) is 47.0 Å². The van der Waals surface area contributed by atoms with Gasteiger partial charge in [-0.2, -0.15) is 11.8 Å². The fourth-order valence-corrected chi connectivity index (χ4v) is 2.96. The summed E-state index contributed by atoms with van der Waals surface area (Å²) < 4.78 is 5.99. The summed E-state index contributed by atoms with van der Waals surface area (Å²) in [6.07, 6.45) is 6.43. The third kappa shape index (κ3) is 4.75. The first-order valence-electron chi connectivity index (χ1n) is 7.32. The lowest BCUT2D eigenvalue weighted by atomic mass is 9.64. The van der Waals surface area contributed by atoms with E-state index in [-0.39, 0.29) is 0 Å². The Labute approximate surface area is 118 Å². The van der Waals surface area contributed by atoms with Gasteiger partial charge in [-0.1, -0.05) is 27.7 Å².